The van der Waals surface area contributed by atoms with E-state index in [-0.39, 0.29) is 26.0 Å². The highest BCUT2D eigenvalue weighted by molar-refractivity contribution is 4.95. The molecule has 0 saturated carbocycles. The SMILES string of the molecule is OCCN1CN(CCO)C(c2ncncn2)N(CCO)C1. The molecule has 0 radical (unpaired) electrons. The predicted octanol–water partition coefficient (Wildman–Crippen LogP) is -2.32. The van der Waals surface area contributed by atoms with Gasteiger partial charge in [-0.25, -0.2) is 15.0 Å². The smallest absolute Gasteiger partial charge is 0.163 e. The summed E-state index contributed by atoms with van der Waals surface area (Å²) in [5.74, 6) is 0.593. The molecule has 2 rings (SSSR count). The van der Waals surface area contributed by atoms with Gasteiger partial charge in [0.05, 0.1) is 33.2 Å². The van der Waals surface area contributed by atoms with E-state index in [0.29, 0.717) is 38.8 Å². The Labute approximate surface area is 123 Å². The molecule has 1 aliphatic rings. The van der Waals surface area contributed by atoms with Crippen molar-refractivity contribution >= 4 is 0 Å². The molecule has 1 aromatic rings. The number of β-amino-alcohol motifs (C(OH)–C–C–N with tert-alkyl or cyclic N) is 3. The van der Waals surface area contributed by atoms with Crippen molar-refractivity contribution in [3.8, 4) is 0 Å². The molecule has 9 nitrogen and oxygen atoms in total. The number of aliphatic hydroxyl groups excluding tert-OH is 3. The number of aromatic nitrogens is 3. The highest BCUT2D eigenvalue weighted by atomic mass is 16.3. The Morgan fingerprint density at radius 3 is 1.90 bits per heavy atom. The molecule has 9 heteroatoms. The molecule has 0 aliphatic carbocycles. The maximum atomic E-state index is 9.28. The Hall–Kier alpha value is -1.23. The van der Waals surface area contributed by atoms with Gasteiger partial charge in [0.25, 0.3) is 0 Å². The van der Waals surface area contributed by atoms with Crippen LogP contribution in [0.3, 0.4) is 0 Å². The molecule has 2 heterocycles. The number of rotatable bonds is 7. The minimum Gasteiger partial charge on any atom is -0.395 e. The van der Waals surface area contributed by atoms with E-state index >= 15 is 0 Å². The zero-order valence-electron chi connectivity index (χ0n) is 11.9. The monoisotopic (exact) mass is 298 g/mol. The van der Waals surface area contributed by atoms with Gasteiger partial charge in [-0.15, -0.1) is 0 Å². The van der Waals surface area contributed by atoms with Crippen molar-refractivity contribution in [3.63, 3.8) is 0 Å². The van der Waals surface area contributed by atoms with E-state index in [9.17, 15) is 10.2 Å². The zero-order chi connectivity index (χ0) is 15.1. The fourth-order valence-electron chi connectivity index (χ4n) is 2.58. The van der Waals surface area contributed by atoms with Crippen molar-refractivity contribution < 1.29 is 15.3 Å². The number of hydrogen-bond donors (Lipinski definition) is 3. The van der Waals surface area contributed by atoms with Crippen LogP contribution in [-0.4, -0.2) is 97.8 Å². The van der Waals surface area contributed by atoms with E-state index in [4.69, 9.17) is 5.11 Å². The lowest BCUT2D eigenvalue weighted by atomic mass is 10.2. The minimum atomic E-state index is -0.220. The molecule has 0 aromatic carbocycles. The third-order valence-electron chi connectivity index (χ3n) is 3.39. The highest BCUT2D eigenvalue weighted by Gasteiger charge is 2.35. The third-order valence-corrected chi connectivity index (χ3v) is 3.39. The second-order valence-corrected chi connectivity index (χ2v) is 4.84. The first-order valence-electron chi connectivity index (χ1n) is 6.95. The maximum Gasteiger partial charge on any atom is 0.163 e. The molecule has 1 fully saturated rings. The second-order valence-electron chi connectivity index (χ2n) is 4.84. The molecular weight excluding hydrogens is 276 g/mol. The van der Waals surface area contributed by atoms with Gasteiger partial charge in [-0.3, -0.25) is 14.7 Å². The van der Waals surface area contributed by atoms with Crippen LogP contribution in [0.15, 0.2) is 12.7 Å². The summed E-state index contributed by atoms with van der Waals surface area (Å²) in [5, 5.41) is 27.7. The molecule has 21 heavy (non-hydrogen) atoms. The van der Waals surface area contributed by atoms with Gasteiger partial charge < -0.3 is 15.3 Å². The molecule has 0 atom stereocenters. The topological polar surface area (TPSA) is 109 Å². The molecular formula is C12H22N6O3. The van der Waals surface area contributed by atoms with E-state index in [1.54, 1.807) is 0 Å². The average Bonchev–Trinajstić information content (AvgIpc) is 2.49. The van der Waals surface area contributed by atoms with Crippen molar-refractivity contribution in [1.29, 1.82) is 0 Å². The summed E-state index contributed by atoms with van der Waals surface area (Å²) in [6.45, 7) is 2.74. The van der Waals surface area contributed by atoms with Gasteiger partial charge in [-0.1, -0.05) is 0 Å². The van der Waals surface area contributed by atoms with Gasteiger partial charge >= 0.3 is 0 Å². The molecule has 1 aliphatic heterocycles. The number of nitrogens with zero attached hydrogens (tertiary/aromatic N) is 6. The molecule has 118 valence electrons. The standard InChI is InChI=1S/C12H22N6O3/c19-4-1-16-9-17(2-5-20)12(18(10-16)3-6-21)11-14-7-13-8-15-11/h7-8,12,19-21H,1-6,9-10H2. The lowest BCUT2D eigenvalue weighted by Gasteiger charge is -2.47. The zero-order valence-corrected chi connectivity index (χ0v) is 11.9. The minimum absolute atomic E-state index is 0.0154. The highest BCUT2D eigenvalue weighted by Crippen LogP contribution is 2.26. The first kappa shape index (κ1) is 16.1. The average molecular weight is 298 g/mol. The van der Waals surface area contributed by atoms with Gasteiger partial charge in [-0.05, 0) is 0 Å². The fourth-order valence-corrected chi connectivity index (χ4v) is 2.58. The summed E-state index contributed by atoms with van der Waals surface area (Å²) < 4.78 is 0. The first-order valence-corrected chi connectivity index (χ1v) is 6.95. The van der Waals surface area contributed by atoms with Gasteiger partial charge in [0.2, 0.25) is 0 Å². The summed E-state index contributed by atoms with van der Waals surface area (Å²) >= 11 is 0. The molecule has 3 N–H and O–H groups in total. The van der Waals surface area contributed by atoms with Crippen LogP contribution >= 0.6 is 0 Å². The summed E-state index contributed by atoms with van der Waals surface area (Å²) in [5.41, 5.74) is 0. The van der Waals surface area contributed by atoms with E-state index in [1.807, 2.05) is 14.7 Å². The fraction of sp³-hybridized carbons (Fsp3) is 0.750. The molecule has 0 amide bonds. The van der Waals surface area contributed by atoms with Crippen LogP contribution in [0.5, 0.6) is 0 Å². The van der Waals surface area contributed by atoms with Gasteiger partial charge in [0.1, 0.15) is 18.8 Å². The third kappa shape index (κ3) is 4.13. The molecule has 1 aromatic heterocycles. The van der Waals surface area contributed by atoms with Crippen LogP contribution in [0.2, 0.25) is 0 Å². The summed E-state index contributed by atoms with van der Waals surface area (Å²) in [6.07, 6.45) is 2.66. The lowest BCUT2D eigenvalue weighted by Crippen LogP contribution is -2.58. The Kier molecular flexibility index (Phi) is 6.36. The van der Waals surface area contributed by atoms with Crippen LogP contribution in [0.1, 0.15) is 12.0 Å². The molecule has 0 spiro atoms. The van der Waals surface area contributed by atoms with Crippen molar-refractivity contribution in [1.82, 2.24) is 29.7 Å². The lowest BCUT2D eigenvalue weighted by molar-refractivity contribution is -0.102. The summed E-state index contributed by atoms with van der Waals surface area (Å²) in [6, 6.07) is 0. The maximum absolute atomic E-state index is 9.28. The summed E-state index contributed by atoms with van der Waals surface area (Å²) in [7, 11) is 0. The van der Waals surface area contributed by atoms with Crippen LogP contribution in [-0.2, 0) is 0 Å². The van der Waals surface area contributed by atoms with Crippen LogP contribution in [0, 0.1) is 0 Å². The van der Waals surface area contributed by atoms with Crippen molar-refractivity contribution in [3.05, 3.63) is 18.5 Å². The Bertz CT molecular complexity index is 393. The second kappa shape index (κ2) is 8.27. The van der Waals surface area contributed by atoms with Gasteiger partial charge in [0.15, 0.2) is 5.82 Å². The largest absolute Gasteiger partial charge is 0.395 e. The van der Waals surface area contributed by atoms with E-state index in [2.05, 4.69) is 15.0 Å². The summed E-state index contributed by atoms with van der Waals surface area (Å²) in [4.78, 5) is 18.3. The molecule has 0 unspecified atom stereocenters. The van der Waals surface area contributed by atoms with Crippen molar-refractivity contribution in [2.45, 2.75) is 6.17 Å². The Morgan fingerprint density at radius 1 is 0.905 bits per heavy atom. The van der Waals surface area contributed by atoms with Gasteiger partial charge in [0, 0.05) is 19.6 Å². The normalized spacial score (nSPS) is 19.2. The first-order chi connectivity index (χ1) is 10.3. The number of hydrogen-bond acceptors (Lipinski definition) is 9. The predicted molar refractivity (Wildman–Crippen MR) is 73.7 cm³/mol. The van der Waals surface area contributed by atoms with Crippen LogP contribution in [0.4, 0.5) is 0 Å². The number of aliphatic hydroxyl groups is 3. The van der Waals surface area contributed by atoms with Crippen LogP contribution in [0.25, 0.3) is 0 Å². The van der Waals surface area contributed by atoms with Crippen LogP contribution < -0.4 is 0 Å². The molecule has 1 saturated heterocycles. The van der Waals surface area contributed by atoms with Crippen molar-refractivity contribution in [2.75, 3.05) is 52.8 Å². The van der Waals surface area contributed by atoms with Gasteiger partial charge in [-0.2, -0.15) is 0 Å². The Balaban J connectivity index is 2.22. The van der Waals surface area contributed by atoms with Crippen molar-refractivity contribution in [2.24, 2.45) is 0 Å². The van der Waals surface area contributed by atoms with E-state index in [1.165, 1.54) is 12.7 Å². The van der Waals surface area contributed by atoms with E-state index in [0.717, 1.165) is 0 Å². The van der Waals surface area contributed by atoms with E-state index < -0.39 is 0 Å². The quantitative estimate of drug-likeness (QED) is 0.511. The molecule has 0 bridgehead atoms. The Morgan fingerprint density at radius 2 is 1.43 bits per heavy atom.